The molecule has 1 amide bonds. The van der Waals surface area contributed by atoms with Crippen molar-refractivity contribution in [1.29, 1.82) is 0 Å². The number of unbranched alkanes of at least 4 members (excludes halogenated alkanes) is 1. The van der Waals surface area contributed by atoms with E-state index in [-0.39, 0.29) is 24.7 Å². The monoisotopic (exact) mass is 252 g/mol. The van der Waals surface area contributed by atoms with Gasteiger partial charge in [-0.1, -0.05) is 0 Å². The van der Waals surface area contributed by atoms with Crippen molar-refractivity contribution in [2.24, 2.45) is 0 Å². The summed E-state index contributed by atoms with van der Waals surface area (Å²) in [5.74, 6) is -0.899. The minimum atomic E-state index is -0.850. The molecular weight excluding hydrogens is 236 g/mol. The van der Waals surface area contributed by atoms with Gasteiger partial charge >= 0.3 is 5.97 Å². The number of carboxylic acid groups (broad SMARTS) is 1. The van der Waals surface area contributed by atoms with Gasteiger partial charge in [0.1, 0.15) is 0 Å². The molecule has 0 fully saturated rings. The maximum Gasteiger partial charge on any atom is 0.303 e. The van der Waals surface area contributed by atoms with E-state index >= 15 is 0 Å². The molecule has 1 heterocycles. The Kier molecular flexibility index (Phi) is 5.16. The summed E-state index contributed by atoms with van der Waals surface area (Å²) in [4.78, 5) is 25.8. The molecule has 0 unspecified atom stereocenters. The van der Waals surface area contributed by atoms with E-state index in [1.807, 2.05) is 0 Å². The Balaban J connectivity index is 2.35. The van der Waals surface area contributed by atoms with Gasteiger partial charge in [0.15, 0.2) is 0 Å². The molecule has 0 aliphatic heterocycles. The number of nitrogens with one attached hydrogen (secondary N) is 1. The first-order valence-electron chi connectivity index (χ1n) is 5.68. The maximum absolute atomic E-state index is 11.5. The molecular formula is C11H16N4O3. The van der Waals surface area contributed by atoms with Crippen molar-refractivity contribution in [2.75, 3.05) is 5.32 Å². The number of aromatic nitrogens is 3. The van der Waals surface area contributed by atoms with Gasteiger partial charge in [-0.15, -0.1) is 5.10 Å². The first-order chi connectivity index (χ1) is 8.49. The Bertz CT molecular complexity index is 448. The number of amides is 1. The van der Waals surface area contributed by atoms with E-state index < -0.39 is 5.97 Å². The van der Waals surface area contributed by atoms with Crippen LogP contribution in [0.1, 0.15) is 37.1 Å². The SMILES string of the molecule is Cc1nnc(NC(=O)CCCCC(=O)O)nc1C. The fourth-order valence-electron chi connectivity index (χ4n) is 1.26. The summed E-state index contributed by atoms with van der Waals surface area (Å²) in [5.41, 5.74) is 1.43. The predicted molar refractivity (Wildman–Crippen MR) is 64.0 cm³/mol. The summed E-state index contributed by atoms with van der Waals surface area (Å²) >= 11 is 0. The minimum absolute atomic E-state index is 0.0783. The van der Waals surface area contributed by atoms with E-state index in [0.29, 0.717) is 18.5 Å². The minimum Gasteiger partial charge on any atom is -0.481 e. The van der Waals surface area contributed by atoms with Gasteiger partial charge in [-0.05, 0) is 26.7 Å². The molecule has 1 aromatic heterocycles. The zero-order chi connectivity index (χ0) is 13.5. The van der Waals surface area contributed by atoms with Crippen molar-refractivity contribution in [3.63, 3.8) is 0 Å². The topological polar surface area (TPSA) is 105 Å². The summed E-state index contributed by atoms with van der Waals surface area (Å²) in [6.45, 7) is 3.57. The normalized spacial score (nSPS) is 10.1. The number of carbonyl (C=O) groups excluding carboxylic acids is 1. The van der Waals surface area contributed by atoms with Gasteiger partial charge in [-0.3, -0.25) is 14.9 Å². The third-order valence-electron chi connectivity index (χ3n) is 2.39. The zero-order valence-electron chi connectivity index (χ0n) is 10.4. The van der Waals surface area contributed by atoms with E-state index in [9.17, 15) is 9.59 Å². The number of hydrogen-bond acceptors (Lipinski definition) is 5. The van der Waals surface area contributed by atoms with Crippen LogP contribution >= 0.6 is 0 Å². The molecule has 0 saturated carbocycles. The van der Waals surface area contributed by atoms with E-state index in [4.69, 9.17) is 5.11 Å². The third-order valence-corrected chi connectivity index (χ3v) is 2.39. The Labute approximate surface area is 105 Å². The Morgan fingerprint density at radius 1 is 1.11 bits per heavy atom. The molecule has 7 heteroatoms. The highest BCUT2D eigenvalue weighted by Gasteiger charge is 2.07. The van der Waals surface area contributed by atoms with Crippen LogP contribution in [0.2, 0.25) is 0 Å². The van der Waals surface area contributed by atoms with Gasteiger partial charge in [0.05, 0.1) is 11.4 Å². The molecule has 2 N–H and O–H groups in total. The molecule has 0 bridgehead atoms. The number of aryl methyl sites for hydroxylation is 2. The quantitative estimate of drug-likeness (QED) is 0.734. The number of hydrogen-bond donors (Lipinski definition) is 2. The van der Waals surface area contributed by atoms with Crippen LogP contribution in [0.3, 0.4) is 0 Å². The number of carboxylic acids is 1. The van der Waals surface area contributed by atoms with Crippen molar-refractivity contribution in [2.45, 2.75) is 39.5 Å². The van der Waals surface area contributed by atoms with Crippen LogP contribution in [-0.4, -0.2) is 32.2 Å². The van der Waals surface area contributed by atoms with Gasteiger partial charge in [-0.25, -0.2) is 4.98 Å². The highest BCUT2D eigenvalue weighted by molar-refractivity contribution is 5.88. The number of nitrogens with zero attached hydrogens (tertiary/aromatic N) is 3. The molecule has 98 valence electrons. The van der Waals surface area contributed by atoms with Crippen LogP contribution in [0.5, 0.6) is 0 Å². The largest absolute Gasteiger partial charge is 0.481 e. The second-order valence-electron chi connectivity index (χ2n) is 3.96. The predicted octanol–water partition coefficient (Wildman–Crippen LogP) is 1.07. The molecule has 18 heavy (non-hydrogen) atoms. The third kappa shape index (κ3) is 4.86. The van der Waals surface area contributed by atoms with Crippen LogP contribution in [0.4, 0.5) is 5.95 Å². The summed E-state index contributed by atoms with van der Waals surface area (Å²) in [5, 5.41) is 18.6. The van der Waals surface area contributed by atoms with Crippen LogP contribution in [-0.2, 0) is 9.59 Å². The Morgan fingerprint density at radius 2 is 1.78 bits per heavy atom. The highest BCUT2D eigenvalue weighted by atomic mass is 16.4. The lowest BCUT2D eigenvalue weighted by atomic mass is 10.2. The van der Waals surface area contributed by atoms with Gasteiger partial charge in [0, 0.05) is 12.8 Å². The first-order valence-corrected chi connectivity index (χ1v) is 5.68. The fourth-order valence-corrected chi connectivity index (χ4v) is 1.26. The molecule has 0 radical (unpaired) electrons. The van der Waals surface area contributed by atoms with Crippen LogP contribution in [0.15, 0.2) is 0 Å². The number of rotatable bonds is 6. The molecule has 0 aliphatic rings. The second-order valence-corrected chi connectivity index (χ2v) is 3.96. The van der Waals surface area contributed by atoms with Crippen molar-refractivity contribution in [1.82, 2.24) is 15.2 Å². The molecule has 0 aromatic carbocycles. The lowest BCUT2D eigenvalue weighted by molar-refractivity contribution is -0.137. The van der Waals surface area contributed by atoms with E-state index in [2.05, 4.69) is 20.5 Å². The molecule has 0 atom stereocenters. The number of anilines is 1. The van der Waals surface area contributed by atoms with Crippen molar-refractivity contribution < 1.29 is 14.7 Å². The van der Waals surface area contributed by atoms with E-state index in [1.165, 1.54) is 0 Å². The molecule has 1 rings (SSSR count). The molecule has 0 spiro atoms. The van der Waals surface area contributed by atoms with Gasteiger partial charge in [0.25, 0.3) is 0 Å². The Hall–Kier alpha value is -2.05. The van der Waals surface area contributed by atoms with Crippen LogP contribution in [0.25, 0.3) is 0 Å². The van der Waals surface area contributed by atoms with Crippen molar-refractivity contribution in [3.05, 3.63) is 11.4 Å². The summed E-state index contributed by atoms with van der Waals surface area (Å²) in [7, 11) is 0. The van der Waals surface area contributed by atoms with Gasteiger partial charge in [-0.2, -0.15) is 5.10 Å². The van der Waals surface area contributed by atoms with Gasteiger partial charge < -0.3 is 5.11 Å². The highest BCUT2D eigenvalue weighted by Crippen LogP contribution is 2.05. The Morgan fingerprint density at radius 3 is 2.39 bits per heavy atom. The lowest BCUT2D eigenvalue weighted by Gasteiger charge is -2.04. The van der Waals surface area contributed by atoms with Crippen molar-refractivity contribution >= 4 is 17.8 Å². The summed E-state index contributed by atoms with van der Waals surface area (Å²) in [6.07, 6.45) is 1.34. The van der Waals surface area contributed by atoms with E-state index in [1.54, 1.807) is 13.8 Å². The van der Waals surface area contributed by atoms with Crippen LogP contribution < -0.4 is 5.32 Å². The summed E-state index contributed by atoms with van der Waals surface area (Å²) < 4.78 is 0. The molecule has 0 saturated heterocycles. The van der Waals surface area contributed by atoms with Crippen molar-refractivity contribution in [3.8, 4) is 0 Å². The second kappa shape index (κ2) is 6.63. The van der Waals surface area contributed by atoms with Gasteiger partial charge in [0.2, 0.25) is 11.9 Å². The average molecular weight is 252 g/mol. The number of carbonyl (C=O) groups is 2. The fraction of sp³-hybridized carbons (Fsp3) is 0.545. The molecule has 1 aromatic rings. The molecule has 0 aliphatic carbocycles. The average Bonchev–Trinajstić information content (AvgIpc) is 2.29. The standard InChI is InChI=1S/C11H16N4O3/c1-7-8(2)14-15-11(12-7)13-9(16)5-3-4-6-10(17)18/h3-6H2,1-2H3,(H,17,18)(H,12,13,15,16). The number of aliphatic carboxylic acids is 1. The first kappa shape index (κ1) is 14.0. The zero-order valence-corrected chi connectivity index (χ0v) is 10.4. The molecule has 7 nitrogen and oxygen atoms in total. The summed E-state index contributed by atoms with van der Waals surface area (Å²) in [6, 6.07) is 0. The smallest absolute Gasteiger partial charge is 0.303 e. The van der Waals surface area contributed by atoms with Crippen LogP contribution in [0, 0.1) is 13.8 Å². The maximum atomic E-state index is 11.5. The van der Waals surface area contributed by atoms with E-state index in [0.717, 1.165) is 5.69 Å². The lowest BCUT2D eigenvalue weighted by Crippen LogP contribution is -2.15.